The molecule has 0 atom stereocenters. The first kappa shape index (κ1) is 19.2. The number of anilines is 1. The molecule has 0 heterocycles. The van der Waals surface area contributed by atoms with E-state index in [0.717, 1.165) is 5.75 Å². The Hall–Kier alpha value is -3.09. The third-order valence-corrected chi connectivity index (χ3v) is 3.60. The van der Waals surface area contributed by atoms with Crippen molar-refractivity contribution in [3.63, 3.8) is 0 Å². The molecule has 6 nitrogen and oxygen atoms in total. The van der Waals surface area contributed by atoms with Crippen LogP contribution in [0.5, 0.6) is 11.5 Å². The largest absolute Gasteiger partial charge is 0.497 e. The Bertz CT molecular complexity index is 732. The number of halogens is 1. The van der Waals surface area contributed by atoms with Crippen LogP contribution in [-0.2, 0) is 9.59 Å². The number of rotatable bonds is 8. The molecule has 138 valence electrons. The molecule has 0 aromatic heterocycles. The lowest BCUT2D eigenvalue weighted by Crippen LogP contribution is -2.39. The topological polar surface area (TPSA) is 67.9 Å². The fourth-order valence-corrected chi connectivity index (χ4v) is 2.20. The van der Waals surface area contributed by atoms with E-state index in [1.807, 2.05) is 0 Å². The average molecular weight is 360 g/mol. The second-order valence-corrected chi connectivity index (χ2v) is 5.52. The van der Waals surface area contributed by atoms with Crippen LogP contribution in [0.15, 0.2) is 48.5 Å². The lowest BCUT2D eigenvalue weighted by Gasteiger charge is -2.20. The highest BCUT2D eigenvalue weighted by atomic mass is 19.1. The normalized spacial score (nSPS) is 10.1. The lowest BCUT2D eigenvalue weighted by molar-refractivity contribution is -0.133. The summed E-state index contributed by atoms with van der Waals surface area (Å²) in [6.45, 7) is 1.78. The van der Waals surface area contributed by atoms with E-state index in [0.29, 0.717) is 11.4 Å². The van der Waals surface area contributed by atoms with Crippen LogP contribution in [0.1, 0.15) is 6.92 Å². The van der Waals surface area contributed by atoms with E-state index in [2.05, 4.69) is 5.32 Å². The van der Waals surface area contributed by atoms with Crippen LogP contribution in [-0.4, -0.2) is 43.5 Å². The molecule has 0 saturated carbocycles. The van der Waals surface area contributed by atoms with Crippen LogP contribution in [0.3, 0.4) is 0 Å². The zero-order chi connectivity index (χ0) is 18.9. The summed E-state index contributed by atoms with van der Waals surface area (Å²) in [5, 5.41) is 2.62. The average Bonchev–Trinajstić information content (AvgIpc) is 2.63. The summed E-state index contributed by atoms with van der Waals surface area (Å²) in [5.74, 6) is 0.378. The summed E-state index contributed by atoms with van der Waals surface area (Å²) in [5.41, 5.74) is 0.467. The van der Waals surface area contributed by atoms with Crippen molar-refractivity contribution in [1.82, 2.24) is 4.90 Å². The molecular formula is C19H21FN2O4. The van der Waals surface area contributed by atoms with Gasteiger partial charge in [-0.25, -0.2) is 4.39 Å². The fourth-order valence-electron chi connectivity index (χ4n) is 2.20. The standard InChI is InChI=1S/C19H21FN2O4/c1-14(23)22(11-12-26-18-9-7-17(25-2)8-10-18)13-19(24)21-16-5-3-15(20)4-6-16/h3-10H,11-13H2,1-2H3,(H,21,24). The van der Waals surface area contributed by atoms with Crippen LogP contribution < -0.4 is 14.8 Å². The predicted molar refractivity (Wildman–Crippen MR) is 95.8 cm³/mol. The molecule has 0 bridgehead atoms. The van der Waals surface area contributed by atoms with E-state index < -0.39 is 0 Å². The van der Waals surface area contributed by atoms with E-state index in [9.17, 15) is 14.0 Å². The maximum Gasteiger partial charge on any atom is 0.243 e. The number of ether oxygens (including phenoxy) is 2. The van der Waals surface area contributed by atoms with Gasteiger partial charge in [0.1, 0.15) is 23.9 Å². The Morgan fingerprint density at radius 1 is 1.04 bits per heavy atom. The number of benzene rings is 2. The third kappa shape index (κ3) is 6.08. The van der Waals surface area contributed by atoms with E-state index >= 15 is 0 Å². The summed E-state index contributed by atoms with van der Waals surface area (Å²) in [4.78, 5) is 25.2. The van der Waals surface area contributed by atoms with Crippen molar-refractivity contribution >= 4 is 17.5 Å². The Balaban J connectivity index is 1.82. The van der Waals surface area contributed by atoms with Gasteiger partial charge in [0, 0.05) is 12.6 Å². The van der Waals surface area contributed by atoms with Crippen molar-refractivity contribution in [2.75, 3.05) is 32.1 Å². The molecular weight excluding hydrogens is 339 g/mol. The molecule has 0 aliphatic carbocycles. The van der Waals surface area contributed by atoms with Crippen LogP contribution in [0.25, 0.3) is 0 Å². The van der Waals surface area contributed by atoms with Crippen LogP contribution in [0, 0.1) is 5.82 Å². The summed E-state index contributed by atoms with van der Waals surface area (Å²) < 4.78 is 23.5. The fraction of sp³-hybridized carbons (Fsp3) is 0.263. The number of carbonyl (C=O) groups excluding carboxylic acids is 2. The highest BCUT2D eigenvalue weighted by Gasteiger charge is 2.14. The molecule has 0 fully saturated rings. The van der Waals surface area contributed by atoms with Gasteiger partial charge in [0.15, 0.2) is 0 Å². The second-order valence-electron chi connectivity index (χ2n) is 5.52. The first-order chi connectivity index (χ1) is 12.5. The highest BCUT2D eigenvalue weighted by Crippen LogP contribution is 2.16. The molecule has 26 heavy (non-hydrogen) atoms. The molecule has 0 radical (unpaired) electrons. The van der Waals surface area contributed by atoms with Gasteiger partial charge in [0.2, 0.25) is 11.8 Å². The van der Waals surface area contributed by atoms with Gasteiger partial charge in [-0.05, 0) is 48.5 Å². The summed E-state index contributed by atoms with van der Waals surface area (Å²) in [6.07, 6.45) is 0. The first-order valence-electron chi connectivity index (χ1n) is 8.05. The zero-order valence-corrected chi connectivity index (χ0v) is 14.7. The minimum absolute atomic E-state index is 0.112. The zero-order valence-electron chi connectivity index (χ0n) is 14.7. The number of amides is 2. The Kier molecular flexibility index (Phi) is 6.96. The molecule has 0 aliphatic heterocycles. The summed E-state index contributed by atoms with van der Waals surface area (Å²) >= 11 is 0. The van der Waals surface area contributed by atoms with Crippen molar-refractivity contribution in [3.05, 3.63) is 54.3 Å². The van der Waals surface area contributed by atoms with Gasteiger partial charge in [-0.15, -0.1) is 0 Å². The van der Waals surface area contributed by atoms with Gasteiger partial charge >= 0.3 is 0 Å². The van der Waals surface area contributed by atoms with Crippen molar-refractivity contribution in [2.45, 2.75) is 6.92 Å². The quantitative estimate of drug-likeness (QED) is 0.786. The highest BCUT2D eigenvalue weighted by molar-refractivity contribution is 5.94. The predicted octanol–water partition coefficient (Wildman–Crippen LogP) is 2.70. The molecule has 2 aromatic rings. The van der Waals surface area contributed by atoms with E-state index in [-0.39, 0.29) is 37.3 Å². The van der Waals surface area contributed by atoms with Gasteiger partial charge in [-0.1, -0.05) is 0 Å². The Labute approximate surface area is 151 Å². The van der Waals surface area contributed by atoms with Gasteiger partial charge in [-0.3, -0.25) is 9.59 Å². The second kappa shape index (κ2) is 9.41. The van der Waals surface area contributed by atoms with E-state index in [1.165, 1.54) is 36.1 Å². The van der Waals surface area contributed by atoms with E-state index in [4.69, 9.17) is 9.47 Å². The molecule has 1 N–H and O–H groups in total. The van der Waals surface area contributed by atoms with E-state index in [1.54, 1.807) is 31.4 Å². The monoisotopic (exact) mass is 360 g/mol. The maximum atomic E-state index is 12.9. The number of nitrogens with one attached hydrogen (secondary N) is 1. The van der Waals surface area contributed by atoms with Crippen molar-refractivity contribution in [1.29, 1.82) is 0 Å². The number of hydrogen-bond acceptors (Lipinski definition) is 4. The minimum atomic E-state index is -0.385. The Morgan fingerprint density at radius 2 is 1.65 bits per heavy atom. The number of carbonyl (C=O) groups is 2. The SMILES string of the molecule is COc1ccc(OCCN(CC(=O)Nc2ccc(F)cc2)C(C)=O)cc1. The van der Waals surface area contributed by atoms with Crippen LogP contribution >= 0.6 is 0 Å². The number of hydrogen-bond donors (Lipinski definition) is 1. The van der Waals surface area contributed by atoms with Gasteiger partial charge < -0.3 is 19.7 Å². The molecule has 0 spiro atoms. The minimum Gasteiger partial charge on any atom is -0.497 e. The molecule has 0 saturated heterocycles. The van der Waals surface area contributed by atoms with Crippen molar-refractivity contribution in [3.8, 4) is 11.5 Å². The molecule has 2 rings (SSSR count). The van der Waals surface area contributed by atoms with Gasteiger partial charge in [0.25, 0.3) is 0 Å². The first-order valence-corrected chi connectivity index (χ1v) is 8.05. The molecule has 7 heteroatoms. The molecule has 2 aromatic carbocycles. The smallest absolute Gasteiger partial charge is 0.243 e. The summed E-state index contributed by atoms with van der Waals surface area (Å²) in [6, 6.07) is 12.5. The van der Waals surface area contributed by atoms with Crippen LogP contribution in [0.2, 0.25) is 0 Å². The van der Waals surface area contributed by atoms with Crippen molar-refractivity contribution in [2.24, 2.45) is 0 Å². The molecule has 0 unspecified atom stereocenters. The summed E-state index contributed by atoms with van der Waals surface area (Å²) in [7, 11) is 1.58. The molecule has 0 aliphatic rings. The van der Waals surface area contributed by atoms with Crippen molar-refractivity contribution < 1.29 is 23.5 Å². The van der Waals surface area contributed by atoms with Gasteiger partial charge in [-0.2, -0.15) is 0 Å². The third-order valence-electron chi connectivity index (χ3n) is 3.60. The Morgan fingerprint density at radius 3 is 2.23 bits per heavy atom. The maximum absolute atomic E-state index is 12.9. The number of methoxy groups -OCH3 is 1. The van der Waals surface area contributed by atoms with Gasteiger partial charge in [0.05, 0.1) is 20.2 Å². The number of nitrogens with zero attached hydrogens (tertiary/aromatic N) is 1. The molecule has 2 amide bonds. The van der Waals surface area contributed by atoms with Crippen LogP contribution in [0.4, 0.5) is 10.1 Å². The lowest BCUT2D eigenvalue weighted by atomic mass is 10.3.